The number of hydrogen-bond acceptors (Lipinski definition) is 3. The summed E-state index contributed by atoms with van der Waals surface area (Å²) in [5, 5.41) is 11.9. The van der Waals surface area contributed by atoms with Crippen molar-refractivity contribution in [1.29, 1.82) is 0 Å². The van der Waals surface area contributed by atoms with Gasteiger partial charge in [-0.25, -0.2) is 0 Å². The number of hydrogen-bond donors (Lipinski definition) is 2. The number of carboxylic acids is 1. The maximum absolute atomic E-state index is 12.1. The van der Waals surface area contributed by atoms with Crippen LogP contribution in [0.1, 0.15) is 24.1 Å². The van der Waals surface area contributed by atoms with E-state index in [4.69, 9.17) is 5.11 Å². The van der Waals surface area contributed by atoms with Gasteiger partial charge in [-0.05, 0) is 31.4 Å². The average molecular weight is 274 g/mol. The van der Waals surface area contributed by atoms with Crippen LogP contribution in [0, 0.1) is 18.8 Å². The second-order valence-electron chi connectivity index (χ2n) is 5.02. The van der Waals surface area contributed by atoms with Gasteiger partial charge in [0.05, 0.1) is 11.8 Å². The van der Waals surface area contributed by atoms with Crippen LogP contribution < -0.4 is 5.32 Å². The first-order chi connectivity index (χ1) is 9.58. The predicted octanol–water partition coefficient (Wildman–Crippen LogP) is 1.67. The Morgan fingerprint density at radius 3 is 2.60 bits per heavy atom. The van der Waals surface area contributed by atoms with Crippen molar-refractivity contribution >= 4 is 11.9 Å². The molecule has 2 rings (SSSR count). The maximum Gasteiger partial charge on any atom is 0.307 e. The Balaban J connectivity index is 1.95. The summed E-state index contributed by atoms with van der Waals surface area (Å²) in [5.41, 5.74) is 1.82. The van der Waals surface area contributed by atoms with E-state index in [9.17, 15) is 9.59 Å². The van der Waals surface area contributed by atoms with Crippen molar-refractivity contribution in [1.82, 2.24) is 10.3 Å². The number of allylic oxidation sites excluding steroid dienone is 2. The molecule has 0 spiro atoms. The highest BCUT2D eigenvalue weighted by atomic mass is 16.4. The highest BCUT2D eigenvalue weighted by Crippen LogP contribution is 2.26. The lowest BCUT2D eigenvalue weighted by Gasteiger charge is -2.24. The van der Waals surface area contributed by atoms with Gasteiger partial charge in [-0.3, -0.25) is 14.6 Å². The number of nitrogens with one attached hydrogen (secondary N) is 1. The molecule has 0 bridgehead atoms. The lowest BCUT2D eigenvalue weighted by Crippen LogP contribution is -2.38. The van der Waals surface area contributed by atoms with Gasteiger partial charge in [-0.15, -0.1) is 0 Å². The molecule has 106 valence electrons. The first-order valence-corrected chi connectivity index (χ1v) is 6.65. The van der Waals surface area contributed by atoms with Gasteiger partial charge in [0, 0.05) is 18.4 Å². The first kappa shape index (κ1) is 14.2. The summed E-state index contributed by atoms with van der Waals surface area (Å²) in [4.78, 5) is 27.4. The van der Waals surface area contributed by atoms with Crippen LogP contribution in [0.15, 0.2) is 30.5 Å². The molecule has 5 nitrogen and oxygen atoms in total. The van der Waals surface area contributed by atoms with Crippen molar-refractivity contribution in [2.24, 2.45) is 11.8 Å². The molecule has 1 heterocycles. The van der Waals surface area contributed by atoms with E-state index in [-0.39, 0.29) is 5.91 Å². The molecule has 5 heteroatoms. The van der Waals surface area contributed by atoms with Crippen LogP contribution in [0.3, 0.4) is 0 Å². The number of rotatable bonds is 4. The van der Waals surface area contributed by atoms with Crippen LogP contribution in [-0.4, -0.2) is 22.0 Å². The molecule has 0 aromatic carbocycles. The van der Waals surface area contributed by atoms with E-state index in [2.05, 4.69) is 10.3 Å². The van der Waals surface area contributed by atoms with Gasteiger partial charge in [0.25, 0.3) is 0 Å². The van der Waals surface area contributed by atoms with Crippen molar-refractivity contribution in [2.75, 3.05) is 0 Å². The zero-order valence-corrected chi connectivity index (χ0v) is 11.4. The summed E-state index contributed by atoms with van der Waals surface area (Å²) in [6, 6.07) is 3.78. The topological polar surface area (TPSA) is 79.3 Å². The smallest absolute Gasteiger partial charge is 0.307 e. The number of nitrogens with zero attached hydrogens (tertiary/aromatic N) is 1. The van der Waals surface area contributed by atoms with Crippen molar-refractivity contribution in [3.63, 3.8) is 0 Å². The SMILES string of the molecule is Cc1ccc(CNC(=O)C2CC=CCC2C(=O)O)cn1. The molecule has 1 aromatic rings. The summed E-state index contributed by atoms with van der Waals surface area (Å²) >= 11 is 0. The predicted molar refractivity (Wildman–Crippen MR) is 73.8 cm³/mol. The molecule has 20 heavy (non-hydrogen) atoms. The summed E-state index contributed by atoms with van der Waals surface area (Å²) in [6.07, 6.45) is 6.31. The molecule has 0 saturated heterocycles. The Morgan fingerprint density at radius 1 is 1.30 bits per heavy atom. The van der Waals surface area contributed by atoms with Gasteiger partial charge >= 0.3 is 5.97 Å². The number of aryl methyl sites for hydroxylation is 1. The summed E-state index contributed by atoms with van der Waals surface area (Å²) in [7, 11) is 0. The third kappa shape index (κ3) is 3.44. The number of carbonyl (C=O) groups is 2. The Bertz CT molecular complexity index is 522. The fourth-order valence-electron chi connectivity index (χ4n) is 2.30. The minimum atomic E-state index is -0.911. The Labute approximate surface area is 117 Å². The molecule has 0 fully saturated rings. The van der Waals surface area contributed by atoms with E-state index in [1.54, 1.807) is 6.20 Å². The second-order valence-corrected chi connectivity index (χ2v) is 5.02. The molecule has 2 unspecified atom stereocenters. The van der Waals surface area contributed by atoms with Gasteiger partial charge in [0.15, 0.2) is 0 Å². The Hall–Kier alpha value is -2.17. The number of aromatic nitrogens is 1. The highest BCUT2D eigenvalue weighted by Gasteiger charge is 2.33. The van der Waals surface area contributed by atoms with E-state index in [0.29, 0.717) is 19.4 Å². The van der Waals surface area contributed by atoms with E-state index in [1.165, 1.54) is 0 Å². The Morgan fingerprint density at radius 2 is 2.00 bits per heavy atom. The maximum atomic E-state index is 12.1. The second kappa shape index (κ2) is 6.32. The molecule has 0 radical (unpaired) electrons. The van der Waals surface area contributed by atoms with Gasteiger partial charge in [-0.2, -0.15) is 0 Å². The largest absolute Gasteiger partial charge is 0.481 e. The first-order valence-electron chi connectivity index (χ1n) is 6.65. The zero-order chi connectivity index (χ0) is 14.5. The molecule has 0 aliphatic heterocycles. The summed E-state index contributed by atoms with van der Waals surface area (Å²) in [5.74, 6) is -2.24. The minimum absolute atomic E-state index is 0.206. The van der Waals surface area contributed by atoms with Gasteiger partial charge in [-0.1, -0.05) is 18.2 Å². The van der Waals surface area contributed by atoms with Crippen LogP contribution in [0.25, 0.3) is 0 Å². The molecule has 2 atom stereocenters. The highest BCUT2D eigenvalue weighted by molar-refractivity contribution is 5.85. The van der Waals surface area contributed by atoms with Crippen LogP contribution in [0.5, 0.6) is 0 Å². The number of carbonyl (C=O) groups excluding carboxylic acids is 1. The van der Waals surface area contributed by atoms with Crippen molar-refractivity contribution in [3.05, 3.63) is 41.7 Å². The number of aliphatic carboxylic acids is 1. The molecular formula is C15H18N2O3. The molecule has 0 saturated carbocycles. The third-order valence-electron chi connectivity index (χ3n) is 3.53. The monoisotopic (exact) mass is 274 g/mol. The number of pyridine rings is 1. The van der Waals surface area contributed by atoms with Crippen LogP contribution >= 0.6 is 0 Å². The van der Waals surface area contributed by atoms with Crippen molar-refractivity contribution in [3.8, 4) is 0 Å². The van der Waals surface area contributed by atoms with E-state index in [1.807, 2.05) is 31.2 Å². The van der Waals surface area contributed by atoms with Crippen molar-refractivity contribution in [2.45, 2.75) is 26.3 Å². The lowest BCUT2D eigenvalue weighted by molar-refractivity contribution is -0.147. The molecule has 1 aliphatic carbocycles. The molecule has 1 aliphatic rings. The summed E-state index contributed by atoms with van der Waals surface area (Å²) in [6.45, 7) is 2.27. The fourth-order valence-corrected chi connectivity index (χ4v) is 2.30. The quantitative estimate of drug-likeness (QED) is 0.819. The van der Waals surface area contributed by atoms with E-state index in [0.717, 1.165) is 11.3 Å². The van der Waals surface area contributed by atoms with Crippen LogP contribution in [0.4, 0.5) is 0 Å². The fraction of sp³-hybridized carbons (Fsp3) is 0.400. The zero-order valence-electron chi connectivity index (χ0n) is 11.4. The molecule has 2 N–H and O–H groups in total. The molecule has 1 aromatic heterocycles. The standard InChI is InChI=1S/C15H18N2O3/c1-10-6-7-11(8-16-10)9-17-14(18)12-4-2-3-5-13(12)15(19)20/h2-3,6-8,12-13H,4-5,9H2,1H3,(H,17,18)(H,19,20). The van der Waals surface area contributed by atoms with Gasteiger partial charge < -0.3 is 10.4 Å². The Kier molecular flexibility index (Phi) is 4.50. The van der Waals surface area contributed by atoms with Crippen LogP contribution in [-0.2, 0) is 16.1 Å². The number of carboxylic acid groups (broad SMARTS) is 1. The average Bonchev–Trinajstić information content (AvgIpc) is 2.46. The van der Waals surface area contributed by atoms with E-state index < -0.39 is 17.8 Å². The molecular weight excluding hydrogens is 256 g/mol. The summed E-state index contributed by atoms with van der Waals surface area (Å²) < 4.78 is 0. The van der Waals surface area contributed by atoms with E-state index >= 15 is 0 Å². The van der Waals surface area contributed by atoms with Crippen molar-refractivity contribution < 1.29 is 14.7 Å². The van der Waals surface area contributed by atoms with Gasteiger partial charge in [0.1, 0.15) is 0 Å². The lowest BCUT2D eigenvalue weighted by atomic mass is 9.82. The number of amides is 1. The normalized spacial score (nSPS) is 21.4. The minimum Gasteiger partial charge on any atom is -0.481 e. The van der Waals surface area contributed by atoms with Gasteiger partial charge in [0.2, 0.25) is 5.91 Å². The molecule has 1 amide bonds. The van der Waals surface area contributed by atoms with Crippen LogP contribution in [0.2, 0.25) is 0 Å². The third-order valence-corrected chi connectivity index (χ3v) is 3.53.